The van der Waals surface area contributed by atoms with Crippen molar-refractivity contribution in [2.24, 2.45) is 0 Å². The van der Waals surface area contributed by atoms with Crippen LogP contribution < -0.4 is 0 Å². The molecule has 0 aliphatic carbocycles. The number of rotatable bonds is 6. The van der Waals surface area contributed by atoms with Gasteiger partial charge in [0.1, 0.15) is 0 Å². The summed E-state index contributed by atoms with van der Waals surface area (Å²) in [6, 6.07) is 25.0. The third-order valence-electron chi connectivity index (χ3n) is 5.24. The molecule has 0 saturated carbocycles. The van der Waals surface area contributed by atoms with Crippen molar-refractivity contribution in [2.75, 3.05) is 13.1 Å². The van der Waals surface area contributed by atoms with Crippen molar-refractivity contribution in [1.29, 1.82) is 0 Å². The lowest BCUT2D eigenvalue weighted by molar-refractivity contribution is 0.164. The van der Waals surface area contributed by atoms with E-state index in [4.69, 9.17) is 0 Å². The first-order valence-electron chi connectivity index (χ1n) is 11.3. The van der Waals surface area contributed by atoms with Crippen LogP contribution in [0.2, 0.25) is 0 Å². The van der Waals surface area contributed by atoms with Gasteiger partial charge in [0.15, 0.2) is 0 Å². The molecule has 0 spiro atoms. The Hall–Kier alpha value is -3.61. The molecule has 5 heteroatoms. The number of nitrogens with zero attached hydrogens (tertiary/aromatic N) is 1. The second-order valence-electron chi connectivity index (χ2n) is 8.39. The molecule has 0 bridgehead atoms. The van der Waals surface area contributed by atoms with Gasteiger partial charge in [-0.25, -0.2) is 8.42 Å². The van der Waals surface area contributed by atoms with E-state index in [9.17, 15) is 13.5 Å². The van der Waals surface area contributed by atoms with Gasteiger partial charge in [-0.3, -0.25) is 0 Å². The molecule has 0 heterocycles. The minimum atomic E-state index is -3.78. The molecule has 4 nitrogen and oxygen atoms in total. The first-order valence-corrected chi connectivity index (χ1v) is 12.7. The fourth-order valence-electron chi connectivity index (χ4n) is 3.19. The molecule has 0 aliphatic rings. The molecule has 0 saturated heterocycles. The van der Waals surface area contributed by atoms with Gasteiger partial charge in [0, 0.05) is 17.7 Å². The highest BCUT2D eigenvalue weighted by molar-refractivity contribution is 7.89. The lowest BCUT2D eigenvalue weighted by Crippen LogP contribution is -2.32. The van der Waals surface area contributed by atoms with E-state index in [1.807, 2.05) is 63.2 Å². The van der Waals surface area contributed by atoms with Crippen LogP contribution in [0.25, 0.3) is 0 Å². The fraction of sp³-hybridized carbons (Fsp3) is 0.200. The number of sulfonamides is 1. The quantitative estimate of drug-likeness (QED) is 0.401. The maximum absolute atomic E-state index is 13.3. The van der Waals surface area contributed by atoms with Crippen LogP contribution in [0.15, 0.2) is 101 Å². The maximum atomic E-state index is 13.3. The number of allylic oxidation sites excluding steroid dienone is 1. The first kappa shape index (κ1) is 26.0. The van der Waals surface area contributed by atoms with E-state index in [-0.39, 0.29) is 18.0 Å². The predicted octanol–water partition coefficient (Wildman–Crippen LogP) is 4.89. The third kappa shape index (κ3) is 7.18. The summed E-state index contributed by atoms with van der Waals surface area (Å²) in [5.74, 6) is 11.6. The number of hydrogen-bond donors (Lipinski definition) is 1. The Kier molecular flexibility index (Phi) is 8.68. The Morgan fingerprint density at radius 3 is 2.11 bits per heavy atom. The van der Waals surface area contributed by atoms with Crippen LogP contribution in [0.3, 0.4) is 0 Å². The zero-order chi connectivity index (χ0) is 25.3. The summed E-state index contributed by atoms with van der Waals surface area (Å²) in [6.07, 6.45) is 1.84. The molecule has 0 radical (unpaired) electrons. The van der Waals surface area contributed by atoms with E-state index >= 15 is 0 Å². The van der Waals surface area contributed by atoms with Crippen molar-refractivity contribution in [2.45, 2.75) is 31.3 Å². The van der Waals surface area contributed by atoms with Crippen LogP contribution in [0.1, 0.15) is 30.5 Å². The minimum absolute atomic E-state index is 0.0951. The molecule has 0 fully saturated rings. The van der Waals surface area contributed by atoms with Gasteiger partial charge in [0.05, 0.1) is 11.4 Å². The van der Waals surface area contributed by atoms with Crippen molar-refractivity contribution in [1.82, 2.24) is 4.31 Å². The van der Waals surface area contributed by atoms with Gasteiger partial charge in [-0.15, -0.1) is 0 Å². The highest BCUT2D eigenvalue weighted by Gasteiger charge is 2.26. The Bertz CT molecular complexity index is 1380. The summed E-state index contributed by atoms with van der Waals surface area (Å²) in [5, 5.41) is 11.4. The van der Waals surface area contributed by atoms with Gasteiger partial charge in [-0.2, -0.15) is 4.31 Å². The topological polar surface area (TPSA) is 57.6 Å². The Balaban J connectivity index is 1.97. The Morgan fingerprint density at radius 1 is 0.914 bits per heavy atom. The van der Waals surface area contributed by atoms with Crippen molar-refractivity contribution in [3.63, 3.8) is 0 Å². The second kappa shape index (κ2) is 11.7. The molecule has 1 unspecified atom stereocenters. The normalized spacial score (nSPS) is 12.5. The number of aliphatic hydroxyl groups is 1. The maximum Gasteiger partial charge on any atom is 0.244 e. The van der Waals surface area contributed by atoms with Gasteiger partial charge < -0.3 is 5.11 Å². The summed E-state index contributed by atoms with van der Waals surface area (Å²) in [6.45, 7) is 5.81. The molecule has 178 valence electrons. The van der Waals surface area contributed by atoms with Crippen LogP contribution in [-0.2, 0) is 15.6 Å². The Labute approximate surface area is 209 Å². The van der Waals surface area contributed by atoms with Gasteiger partial charge >= 0.3 is 0 Å². The van der Waals surface area contributed by atoms with Crippen LogP contribution in [0, 0.1) is 30.6 Å². The number of aryl methyl sites for hydroxylation is 1. The highest BCUT2D eigenvalue weighted by atomic mass is 32.2. The minimum Gasteiger partial charge on any atom is -0.364 e. The summed E-state index contributed by atoms with van der Waals surface area (Å²) >= 11 is 0. The fourth-order valence-corrected chi connectivity index (χ4v) is 4.47. The zero-order valence-corrected chi connectivity index (χ0v) is 21.0. The molecular weight excluding hydrogens is 454 g/mol. The van der Waals surface area contributed by atoms with Crippen LogP contribution in [-0.4, -0.2) is 30.9 Å². The van der Waals surface area contributed by atoms with Crippen LogP contribution >= 0.6 is 0 Å². The Morgan fingerprint density at radius 2 is 1.51 bits per heavy atom. The smallest absolute Gasteiger partial charge is 0.244 e. The largest absolute Gasteiger partial charge is 0.364 e. The van der Waals surface area contributed by atoms with Gasteiger partial charge in [-0.1, -0.05) is 89.7 Å². The summed E-state index contributed by atoms with van der Waals surface area (Å²) < 4.78 is 28.0. The summed E-state index contributed by atoms with van der Waals surface area (Å²) in [5.41, 5.74) is 1.48. The SMILES string of the molecule is CC(C)=CCN(CC#CC(O)(C#Cc1ccccc1)c1ccccc1)S(=O)(=O)c1ccc(C)cc1. The van der Waals surface area contributed by atoms with E-state index in [2.05, 4.69) is 23.7 Å². The van der Waals surface area contributed by atoms with Gasteiger partial charge in [0.2, 0.25) is 15.6 Å². The average Bonchev–Trinajstić information content (AvgIpc) is 2.86. The standard InChI is InChI=1S/C30H29NO3S/c1-25(2)20-24-31(35(33,34)29-17-15-26(3)16-18-29)23-10-21-30(32,28-13-8-5-9-14-28)22-19-27-11-6-4-7-12-27/h4-9,11-18,20,32H,23-24H2,1-3H3. The average molecular weight is 484 g/mol. The highest BCUT2D eigenvalue weighted by Crippen LogP contribution is 2.20. The van der Waals surface area contributed by atoms with Crippen molar-refractivity contribution in [3.8, 4) is 23.7 Å². The van der Waals surface area contributed by atoms with E-state index in [1.165, 1.54) is 4.31 Å². The molecule has 3 rings (SSSR count). The van der Waals surface area contributed by atoms with Crippen molar-refractivity contribution >= 4 is 10.0 Å². The molecule has 1 atom stereocenters. The first-order chi connectivity index (χ1) is 16.7. The van der Waals surface area contributed by atoms with E-state index in [0.29, 0.717) is 5.56 Å². The molecule has 3 aromatic rings. The van der Waals surface area contributed by atoms with Gasteiger partial charge in [-0.05, 0) is 56.9 Å². The molecule has 0 aromatic heterocycles. The van der Waals surface area contributed by atoms with Gasteiger partial charge in [0.25, 0.3) is 0 Å². The summed E-state index contributed by atoms with van der Waals surface area (Å²) in [7, 11) is -3.78. The lowest BCUT2D eigenvalue weighted by Gasteiger charge is -2.20. The summed E-state index contributed by atoms with van der Waals surface area (Å²) in [4.78, 5) is 0.203. The third-order valence-corrected chi connectivity index (χ3v) is 7.07. The molecule has 35 heavy (non-hydrogen) atoms. The zero-order valence-electron chi connectivity index (χ0n) is 20.2. The lowest BCUT2D eigenvalue weighted by atomic mass is 9.94. The van der Waals surface area contributed by atoms with Crippen LogP contribution in [0.5, 0.6) is 0 Å². The van der Waals surface area contributed by atoms with Crippen LogP contribution in [0.4, 0.5) is 0 Å². The van der Waals surface area contributed by atoms with E-state index < -0.39 is 15.6 Å². The van der Waals surface area contributed by atoms with E-state index in [1.54, 1.807) is 48.5 Å². The van der Waals surface area contributed by atoms with E-state index in [0.717, 1.165) is 16.7 Å². The monoisotopic (exact) mass is 483 g/mol. The molecular formula is C30H29NO3S. The van der Waals surface area contributed by atoms with Crippen molar-refractivity contribution < 1.29 is 13.5 Å². The molecule has 0 amide bonds. The molecule has 0 aliphatic heterocycles. The molecule has 1 N–H and O–H groups in total. The molecule has 3 aromatic carbocycles. The second-order valence-corrected chi connectivity index (χ2v) is 10.3. The predicted molar refractivity (Wildman–Crippen MR) is 141 cm³/mol. The number of benzene rings is 3. The number of hydrogen-bond acceptors (Lipinski definition) is 3. The van der Waals surface area contributed by atoms with Crippen molar-refractivity contribution in [3.05, 3.63) is 113 Å².